The lowest BCUT2D eigenvalue weighted by Gasteiger charge is -2.22. The highest BCUT2D eigenvalue weighted by Crippen LogP contribution is 2.55. The number of ketones is 4. The van der Waals surface area contributed by atoms with Crippen LogP contribution in [0.1, 0.15) is 72.1 Å². The molecule has 2 aromatic carbocycles. The summed E-state index contributed by atoms with van der Waals surface area (Å²) in [5, 5.41) is 0. The Labute approximate surface area is 265 Å². The van der Waals surface area contributed by atoms with E-state index in [1.807, 2.05) is 31.2 Å². The zero-order chi connectivity index (χ0) is 31.7. The summed E-state index contributed by atoms with van der Waals surface area (Å²) in [7, 11) is 0. The first-order valence-electron chi connectivity index (χ1n) is 13.9. The molecular formula is C35H19F3O4S3. The molecular weight excluding hydrogens is 638 g/mol. The van der Waals surface area contributed by atoms with E-state index in [0.717, 1.165) is 57.4 Å². The highest BCUT2D eigenvalue weighted by atomic mass is 32.1. The molecule has 0 saturated carbocycles. The van der Waals surface area contributed by atoms with Crippen LogP contribution in [0, 0.1) is 6.92 Å². The van der Waals surface area contributed by atoms with Crippen molar-refractivity contribution in [2.45, 2.75) is 32.4 Å². The highest BCUT2D eigenvalue weighted by molar-refractivity contribution is 7.39. The standard InChI is InChI=1S/C35H19F3O4S3/c1-14-4-6-18-20(8-14)27(39)29(41)22(18)10-16-11-24-26(34(16,2)3)32-33(44-24)31-25(45-32)13-17(43-31)12-23-19-7-5-15(35(36,37)38)9-21(19)28(40)30(23)42/h4-13H,1-3H3/b22-10-,23-12-. The summed E-state index contributed by atoms with van der Waals surface area (Å²) in [5.74, 6) is -2.71. The first-order chi connectivity index (χ1) is 21.2. The van der Waals surface area contributed by atoms with Crippen molar-refractivity contribution in [2.75, 3.05) is 0 Å². The number of fused-ring (bicyclic) bond motifs is 7. The minimum Gasteiger partial charge on any atom is -0.285 e. The molecule has 3 aliphatic rings. The van der Waals surface area contributed by atoms with E-state index in [2.05, 4.69) is 19.9 Å². The summed E-state index contributed by atoms with van der Waals surface area (Å²) < 4.78 is 43.9. The van der Waals surface area contributed by atoms with Crippen LogP contribution < -0.4 is 0 Å². The molecule has 10 heteroatoms. The van der Waals surface area contributed by atoms with Crippen molar-refractivity contribution >= 4 is 99.2 Å². The summed E-state index contributed by atoms with van der Waals surface area (Å²) in [5.41, 5.74) is 3.26. The summed E-state index contributed by atoms with van der Waals surface area (Å²) in [6.45, 7) is 6.11. The van der Waals surface area contributed by atoms with Crippen LogP contribution in [0.2, 0.25) is 0 Å². The molecule has 8 rings (SSSR count). The Bertz CT molecular complexity index is 2370. The Morgan fingerprint density at radius 2 is 1.33 bits per heavy atom. The van der Waals surface area contributed by atoms with Crippen molar-refractivity contribution in [1.82, 2.24) is 0 Å². The molecule has 5 aromatic rings. The van der Waals surface area contributed by atoms with Gasteiger partial charge in [0, 0.05) is 42.1 Å². The largest absolute Gasteiger partial charge is 0.416 e. The van der Waals surface area contributed by atoms with Crippen molar-refractivity contribution < 1.29 is 32.3 Å². The van der Waals surface area contributed by atoms with Crippen molar-refractivity contribution in [2.24, 2.45) is 0 Å². The molecule has 0 N–H and O–H groups in total. The van der Waals surface area contributed by atoms with Gasteiger partial charge in [-0.25, -0.2) is 0 Å². The van der Waals surface area contributed by atoms with Crippen LogP contribution in [0.25, 0.3) is 42.1 Å². The maximum absolute atomic E-state index is 13.2. The van der Waals surface area contributed by atoms with E-state index in [1.165, 1.54) is 17.4 Å². The van der Waals surface area contributed by atoms with E-state index in [-0.39, 0.29) is 16.7 Å². The average molecular weight is 657 g/mol. The van der Waals surface area contributed by atoms with Crippen molar-refractivity contribution in [1.29, 1.82) is 0 Å². The van der Waals surface area contributed by atoms with E-state index < -0.39 is 40.3 Å². The Morgan fingerprint density at radius 1 is 0.689 bits per heavy atom. The summed E-state index contributed by atoms with van der Waals surface area (Å²) in [4.78, 5) is 52.8. The van der Waals surface area contributed by atoms with Gasteiger partial charge in [0.05, 0.1) is 19.7 Å². The number of hydrogen-bond acceptors (Lipinski definition) is 7. The van der Waals surface area contributed by atoms with Gasteiger partial charge in [-0.05, 0) is 71.7 Å². The Balaban J connectivity index is 1.18. The van der Waals surface area contributed by atoms with Gasteiger partial charge in [0.1, 0.15) is 0 Å². The molecule has 0 aliphatic heterocycles. The molecule has 3 heterocycles. The quantitative estimate of drug-likeness (QED) is 0.140. The number of rotatable bonds is 2. The topological polar surface area (TPSA) is 68.3 Å². The first kappa shape index (κ1) is 28.2. The molecule has 0 fully saturated rings. The van der Waals surface area contributed by atoms with Crippen molar-refractivity contribution in [3.63, 3.8) is 0 Å². The van der Waals surface area contributed by atoms with Gasteiger partial charge in [0.15, 0.2) is 0 Å². The third-order valence-electron chi connectivity index (χ3n) is 8.74. The second kappa shape index (κ2) is 9.15. The molecule has 3 aliphatic carbocycles. The number of Topliss-reactive ketones (excluding diaryl/α,β-unsaturated/α-hetero) is 4. The number of alkyl halides is 3. The number of thiophene rings is 3. The van der Waals surface area contributed by atoms with Gasteiger partial charge in [-0.3, -0.25) is 19.2 Å². The van der Waals surface area contributed by atoms with Gasteiger partial charge in [-0.2, -0.15) is 13.2 Å². The maximum Gasteiger partial charge on any atom is 0.416 e. The zero-order valence-corrected chi connectivity index (χ0v) is 26.2. The van der Waals surface area contributed by atoms with Crippen LogP contribution in [0.5, 0.6) is 0 Å². The van der Waals surface area contributed by atoms with E-state index in [4.69, 9.17) is 0 Å². The van der Waals surface area contributed by atoms with E-state index in [1.54, 1.807) is 34.8 Å². The molecule has 0 spiro atoms. The smallest absolute Gasteiger partial charge is 0.285 e. The molecule has 45 heavy (non-hydrogen) atoms. The Hall–Kier alpha value is -4.25. The van der Waals surface area contributed by atoms with E-state index >= 15 is 0 Å². The lowest BCUT2D eigenvalue weighted by molar-refractivity contribution is -0.137. The normalized spacial score (nSPS) is 19.0. The summed E-state index contributed by atoms with van der Waals surface area (Å²) in [6, 6.07) is 10.3. The number of halogens is 3. The lowest BCUT2D eigenvalue weighted by Crippen LogP contribution is -2.16. The SMILES string of the molecule is Cc1ccc2c(c1)C(=O)C(=O)/C2=C\C1=Cc2sc3c(sc4cc(/C=C5\C(=O)C(=O)c6cc(C(F)(F)F)ccc65)sc43)c2C1(C)C. The molecule has 0 atom stereocenters. The number of aryl methyl sites for hydroxylation is 1. The molecule has 222 valence electrons. The van der Waals surface area contributed by atoms with Crippen molar-refractivity contribution in [3.05, 3.63) is 103 Å². The first-order valence-corrected chi connectivity index (χ1v) is 16.3. The molecule has 3 aromatic heterocycles. The fourth-order valence-corrected chi connectivity index (χ4v) is 10.9. The van der Waals surface area contributed by atoms with E-state index in [9.17, 15) is 32.3 Å². The molecule has 0 radical (unpaired) electrons. The predicted octanol–water partition coefficient (Wildman–Crippen LogP) is 9.33. The number of benzene rings is 2. The van der Waals surface area contributed by atoms with Crippen molar-refractivity contribution in [3.8, 4) is 0 Å². The Kier molecular flexibility index (Phi) is 5.74. The fourth-order valence-electron chi connectivity index (χ4n) is 6.41. The van der Waals surface area contributed by atoms with Gasteiger partial charge >= 0.3 is 6.18 Å². The number of carbonyl (C=O) groups is 4. The molecule has 0 bridgehead atoms. The predicted molar refractivity (Wildman–Crippen MR) is 173 cm³/mol. The zero-order valence-electron chi connectivity index (χ0n) is 23.8. The van der Waals surface area contributed by atoms with Crippen LogP contribution in [-0.4, -0.2) is 23.1 Å². The fraction of sp³-hybridized carbons (Fsp3) is 0.143. The van der Waals surface area contributed by atoms with Gasteiger partial charge < -0.3 is 0 Å². The Morgan fingerprint density at radius 3 is 2.02 bits per heavy atom. The van der Waals surface area contributed by atoms with Crippen LogP contribution in [0.4, 0.5) is 13.2 Å². The third-order valence-corrected chi connectivity index (χ3v) is 12.5. The van der Waals surface area contributed by atoms with Gasteiger partial charge in [-0.1, -0.05) is 37.6 Å². The van der Waals surface area contributed by atoms with Crippen LogP contribution in [-0.2, 0) is 21.2 Å². The molecule has 0 amide bonds. The van der Waals surface area contributed by atoms with Crippen LogP contribution in [0.3, 0.4) is 0 Å². The summed E-state index contributed by atoms with van der Waals surface area (Å²) >= 11 is 4.73. The molecule has 0 saturated heterocycles. The highest BCUT2D eigenvalue weighted by Gasteiger charge is 2.40. The average Bonchev–Trinajstić information content (AvgIpc) is 3.76. The number of carbonyl (C=O) groups excluding carboxylic acids is 4. The second-order valence-corrected chi connectivity index (χ2v) is 15.1. The molecule has 0 unspecified atom stereocenters. The van der Waals surface area contributed by atoms with E-state index in [0.29, 0.717) is 16.7 Å². The molecule has 4 nitrogen and oxygen atoms in total. The maximum atomic E-state index is 13.2. The lowest BCUT2D eigenvalue weighted by atomic mass is 9.81. The summed E-state index contributed by atoms with van der Waals surface area (Å²) in [6.07, 6.45) is 0.919. The number of hydrogen-bond donors (Lipinski definition) is 0. The van der Waals surface area contributed by atoms with Gasteiger partial charge in [0.25, 0.3) is 0 Å². The minimum atomic E-state index is -4.62. The second-order valence-electron chi connectivity index (χ2n) is 11.9. The number of allylic oxidation sites excluding steroid dienone is 4. The monoisotopic (exact) mass is 656 g/mol. The van der Waals surface area contributed by atoms with Gasteiger partial charge in [0.2, 0.25) is 23.1 Å². The third kappa shape index (κ3) is 3.95. The minimum absolute atomic E-state index is 0.0981. The van der Waals surface area contributed by atoms with Crippen LogP contribution in [0.15, 0.2) is 54.1 Å². The van der Waals surface area contributed by atoms with Crippen LogP contribution >= 0.6 is 34.0 Å². The van der Waals surface area contributed by atoms with Gasteiger partial charge in [-0.15, -0.1) is 34.0 Å².